The summed E-state index contributed by atoms with van der Waals surface area (Å²) in [5.74, 6) is -1.99. The Kier molecular flexibility index (Phi) is 9.98. The molecule has 2 N–H and O–H groups in total. The minimum absolute atomic E-state index is 0.0522. The number of carbonyl (C=O) groups excluding carboxylic acids is 1. The van der Waals surface area contributed by atoms with Gasteiger partial charge in [0.05, 0.1) is 5.69 Å². The lowest BCUT2D eigenvalue weighted by Gasteiger charge is -2.24. The fraction of sp³-hybridized carbons (Fsp3) is 0.333. The van der Waals surface area contributed by atoms with Crippen molar-refractivity contribution in [1.29, 1.82) is 0 Å². The quantitative estimate of drug-likeness (QED) is 0.628. The molecule has 9 nitrogen and oxygen atoms in total. The van der Waals surface area contributed by atoms with Crippen molar-refractivity contribution in [3.05, 3.63) is 59.5 Å². The number of rotatable bonds is 8. The van der Waals surface area contributed by atoms with Gasteiger partial charge >= 0.3 is 11.9 Å². The molecule has 1 aromatic carbocycles. The zero-order chi connectivity index (χ0) is 22.7. The fourth-order valence-electron chi connectivity index (χ4n) is 2.47. The number of amides is 1. The Morgan fingerprint density at radius 2 is 1.60 bits per heavy atom. The number of carboxylic acids is 2. The Morgan fingerprint density at radius 3 is 2.07 bits per heavy atom. The van der Waals surface area contributed by atoms with Crippen molar-refractivity contribution >= 4 is 23.5 Å². The number of aryl methyl sites for hydroxylation is 2. The van der Waals surface area contributed by atoms with Gasteiger partial charge in [0.15, 0.2) is 0 Å². The molecule has 0 fully saturated rings. The van der Waals surface area contributed by atoms with Gasteiger partial charge in [-0.1, -0.05) is 30.3 Å². The number of hydrogen-bond acceptors (Lipinski definition) is 6. The second kappa shape index (κ2) is 12.2. The molecule has 1 heterocycles. The van der Waals surface area contributed by atoms with Gasteiger partial charge in [0, 0.05) is 30.9 Å². The number of aliphatic carboxylic acids is 2. The van der Waals surface area contributed by atoms with Crippen LogP contribution in [0.4, 0.5) is 5.69 Å². The Hall–Kier alpha value is -3.46. The highest BCUT2D eigenvalue weighted by atomic mass is 16.5. The van der Waals surface area contributed by atoms with Gasteiger partial charge in [-0.2, -0.15) is 0 Å². The third-order valence-electron chi connectivity index (χ3n) is 3.93. The molecule has 162 valence electrons. The molecule has 0 spiro atoms. The minimum atomic E-state index is -1.26. The highest BCUT2D eigenvalue weighted by Crippen LogP contribution is 2.21. The second-order valence-corrected chi connectivity index (χ2v) is 6.52. The van der Waals surface area contributed by atoms with Crippen molar-refractivity contribution in [1.82, 2.24) is 10.1 Å². The number of aromatic nitrogens is 1. The number of benzene rings is 1. The van der Waals surface area contributed by atoms with E-state index in [1.54, 1.807) is 11.8 Å². The highest BCUT2D eigenvalue weighted by molar-refractivity contribution is 6.07. The molecule has 2 aromatic rings. The first-order chi connectivity index (χ1) is 14.2. The number of likely N-dealkylation sites (N-methyl/N-ethyl adjacent to an activating group) is 1. The first-order valence-corrected chi connectivity index (χ1v) is 9.28. The zero-order valence-electron chi connectivity index (χ0n) is 17.5. The van der Waals surface area contributed by atoms with Gasteiger partial charge in [0.2, 0.25) is 0 Å². The number of para-hydroxylation sites is 1. The van der Waals surface area contributed by atoms with E-state index in [1.165, 1.54) is 0 Å². The smallest absolute Gasteiger partial charge is 0.328 e. The number of anilines is 1. The second-order valence-electron chi connectivity index (χ2n) is 6.52. The van der Waals surface area contributed by atoms with Crippen LogP contribution in [0.25, 0.3) is 0 Å². The van der Waals surface area contributed by atoms with Crippen LogP contribution in [-0.4, -0.2) is 65.3 Å². The molecular weight excluding hydrogens is 390 g/mol. The van der Waals surface area contributed by atoms with Crippen LogP contribution in [0, 0.1) is 6.92 Å². The topological polar surface area (TPSA) is 124 Å². The van der Waals surface area contributed by atoms with E-state index in [2.05, 4.69) is 10.1 Å². The first-order valence-electron chi connectivity index (χ1n) is 9.28. The van der Waals surface area contributed by atoms with E-state index in [0.717, 1.165) is 12.2 Å². The molecular formula is C21H27N3O6. The first kappa shape index (κ1) is 24.6. The predicted molar refractivity (Wildman–Crippen MR) is 112 cm³/mol. The lowest BCUT2D eigenvalue weighted by Crippen LogP contribution is -2.37. The van der Waals surface area contributed by atoms with E-state index in [0.29, 0.717) is 42.1 Å². The third-order valence-corrected chi connectivity index (χ3v) is 3.93. The van der Waals surface area contributed by atoms with Gasteiger partial charge in [-0.05, 0) is 39.6 Å². The Morgan fingerprint density at radius 1 is 1.03 bits per heavy atom. The van der Waals surface area contributed by atoms with E-state index in [-0.39, 0.29) is 5.91 Å². The molecule has 0 unspecified atom stereocenters. The van der Waals surface area contributed by atoms with E-state index in [1.807, 2.05) is 51.4 Å². The molecule has 0 saturated carbocycles. The van der Waals surface area contributed by atoms with Crippen molar-refractivity contribution < 1.29 is 29.1 Å². The summed E-state index contributed by atoms with van der Waals surface area (Å²) in [7, 11) is 3.99. The fourth-order valence-corrected chi connectivity index (χ4v) is 2.47. The molecule has 1 aromatic heterocycles. The maximum absolute atomic E-state index is 13.0. The summed E-state index contributed by atoms with van der Waals surface area (Å²) >= 11 is 0. The number of nitrogens with zero attached hydrogens (tertiary/aromatic N) is 3. The lowest BCUT2D eigenvalue weighted by molar-refractivity contribution is -0.134. The van der Waals surface area contributed by atoms with Crippen molar-refractivity contribution in [3.63, 3.8) is 0 Å². The van der Waals surface area contributed by atoms with Crippen molar-refractivity contribution in [2.24, 2.45) is 0 Å². The van der Waals surface area contributed by atoms with Crippen LogP contribution in [0.5, 0.6) is 0 Å². The molecule has 2 rings (SSSR count). The largest absolute Gasteiger partial charge is 0.478 e. The number of carbonyl (C=O) groups is 3. The van der Waals surface area contributed by atoms with Crippen LogP contribution >= 0.6 is 0 Å². The van der Waals surface area contributed by atoms with Crippen molar-refractivity contribution in [2.75, 3.05) is 32.1 Å². The zero-order valence-corrected chi connectivity index (χ0v) is 17.5. The molecule has 0 aliphatic carbocycles. The van der Waals surface area contributed by atoms with Gasteiger partial charge in [-0.3, -0.25) is 4.79 Å². The lowest BCUT2D eigenvalue weighted by atomic mass is 10.1. The third kappa shape index (κ3) is 7.88. The van der Waals surface area contributed by atoms with E-state index >= 15 is 0 Å². The Bertz CT molecular complexity index is 858. The predicted octanol–water partition coefficient (Wildman–Crippen LogP) is 2.47. The molecule has 1 amide bonds. The monoisotopic (exact) mass is 417 g/mol. The Balaban J connectivity index is 0.000000479. The van der Waals surface area contributed by atoms with Crippen molar-refractivity contribution in [2.45, 2.75) is 20.3 Å². The molecule has 9 heteroatoms. The van der Waals surface area contributed by atoms with Crippen LogP contribution in [-0.2, 0) is 16.0 Å². The maximum Gasteiger partial charge on any atom is 0.328 e. The summed E-state index contributed by atoms with van der Waals surface area (Å²) in [6, 6.07) is 9.71. The van der Waals surface area contributed by atoms with Gasteiger partial charge in [0.1, 0.15) is 11.3 Å². The van der Waals surface area contributed by atoms with Crippen LogP contribution < -0.4 is 4.90 Å². The Labute approximate surface area is 175 Å². The maximum atomic E-state index is 13.0. The van der Waals surface area contributed by atoms with Gasteiger partial charge in [-0.15, -0.1) is 0 Å². The average Bonchev–Trinajstić information content (AvgIpc) is 3.08. The molecule has 0 atom stereocenters. The van der Waals surface area contributed by atoms with Crippen LogP contribution in [0.15, 0.2) is 47.0 Å². The van der Waals surface area contributed by atoms with Gasteiger partial charge in [-0.25, -0.2) is 9.59 Å². The molecule has 0 aliphatic heterocycles. The van der Waals surface area contributed by atoms with E-state index in [9.17, 15) is 14.4 Å². The highest BCUT2D eigenvalue weighted by Gasteiger charge is 2.25. The summed E-state index contributed by atoms with van der Waals surface area (Å²) in [4.78, 5) is 36.0. The summed E-state index contributed by atoms with van der Waals surface area (Å²) in [5.41, 5.74) is 2.19. The normalized spacial score (nSPS) is 10.6. The average molecular weight is 417 g/mol. The van der Waals surface area contributed by atoms with Crippen LogP contribution in [0.3, 0.4) is 0 Å². The molecule has 0 saturated heterocycles. The van der Waals surface area contributed by atoms with Gasteiger partial charge in [0.25, 0.3) is 5.91 Å². The van der Waals surface area contributed by atoms with E-state index in [4.69, 9.17) is 14.7 Å². The molecule has 0 bridgehead atoms. The summed E-state index contributed by atoms with van der Waals surface area (Å²) in [6.45, 7) is 5.16. The van der Waals surface area contributed by atoms with Crippen LogP contribution in [0.2, 0.25) is 0 Å². The number of hydrogen-bond donors (Lipinski definition) is 2. The summed E-state index contributed by atoms with van der Waals surface area (Å²) in [6.07, 6.45) is 1.79. The van der Waals surface area contributed by atoms with Gasteiger partial charge < -0.3 is 24.5 Å². The summed E-state index contributed by atoms with van der Waals surface area (Å²) in [5, 5.41) is 19.6. The SMILES string of the molecule is CCc1noc(C)c1C(=O)N(CCN(C)C)c1ccccc1.O=C(O)C=CC(=O)O. The van der Waals surface area contributed by atoms with Crippen LogP contribution in [0.1, 0.15) is 28.7 Å². The summed E-state index contributed by atoms with van der Waals surface area (Å²) < 4.78 is 5.21. The minimum Gasteiger partial charge on any atom is -0.478 e. The molecule has 0 aliphatic rings. The number of carboxylic acid groups (broad SMARTS) is 2. The molecule has 0 radical (unpaired) electrons. The van der Waals surface area contributed by atoms with Crippen molar-refractivity contribution in [3.8, 4) is 0 Å². The van der Waals surface area contributed by atoms with E-state index < -0.39 is 11.9 Å². The molecule has 30 heavy (non-hydrogen) atoms. The standard InChI is InChI=1S/C17H23N3O2.C4H4O4/c1-5-15-16(13(2)22-18-15)17(21)20(12-11-19(3)4)14-9-7-6-8-10-14;5-3(6)1-2-4(7)8/h6-10H,5,11-12H2,1-4H3;1-2H,(H,5,6)(H,7,8).